The van der Waals surface area contributed by atoms with E-state index < -0.39 is 0 Å². The first-order valence-electron chi connectivity index (χ1n) is 9.25. The van der Waals surface area contributed by atoms with Crippen molar-refractivity contribution in [1.29, 1.82) is 0 Å². The molecule has 1 N–H and O–H groups in total. The predicted octanol–water partition coefficient (Wildman–Crippen LogP) is 1.79. The highest BCUT2D eigenvalue weighted by atomic mass is 16.5. The lowest BCUT2D eigenvalue weighted by atomic mass is 10.2. The second kappa shape index (κ2) is 8.85. The van der Waals surface area contributed by atoms with E-state index in [-0.39, 0.29) is 25.0 Å². The van der Waals surface area contributed by atoms with E-state index in [9.17, 15) is 9.59 Å². The first-order chi connectivity index (χ1) is 12.2. The molecule has 1 fully saturated rings. The number of fused-ring (bicyclic) bond motifs is 1. The number of nitrogens with one attached hydrogen (secondary N) is 1. The van der Waals surface area contributed by atoms with Crippen molar-refractivity contribution in [2.75, 3.05) is 44.2 Å². The van der Waals surface area contributed by atoms with Gasteiger partial charge >= 0.3 is 0 Å². The summed E-state index contributed by atoms with van der Waals surface area (Å²) in [4.78, 5) is 28.3. The Morgan fingerprint density at radius 2 is 1.88 bits per heavy atom. The number of carbonyl (C=O) groups excluding carboxylic acids is 2. The molecule has 1 aromatic carbocycles. The van der Waals surface area contributed by atoms with Crippen molar-refractivity contribution in [3.63, 3.8) is 0 Å². The van der Waals surface area contributed by atoms with E-state index >= 15 is 0 Å². The normalized spacial score (nSPS) is 18.2. The van der Waals surface area contributed by atoms with E-state index in [1.54, 1.807) is 6.07 Å². The third-order valence-electron chi connectivity index (χ3n) is 4.78. The number of ether oxygens (including phenoxy) is 1. The average Bonchev–Trinajstić information content (AvgIpc) is 2.90. The van der Waals surface area contributed by atoms with Crippen molar-refractivity contribution in [3.8, 4) is 5.75 Å². The van der Waals surface area contributed by atoms with Gasteiger partial charge < -0.3 is 15.0 Å². The Bertz CT molecular complexity index is 597. The van der Waals surface area contributed by atoms with Gasteiger partial charge in [0.05, 0.1) is 5.69 Å². The summed E-state index contributed by atoms with van der Waals surface area (Å²) in [5, 5.41) is 2.94. The molecule has 2 aliphatic rings. The van der Waals surface area contributed by atoms with Crippen LogP contribution in [0.2, 0.25) is 0 Å². The Morgan fingerprint density at radius 3 is 2.68 bits per heavy atom. The smallest absolute Gasteiger partial charge is 0.265 e. The molecule has 0 aliphatic carbocycles. The lowest BCUT2D eigenvalue weighted by molar-refractivity contribution is -0.125. The number of hydrogen-bond acceptors (Lipinski definition) is 4. The molecule has 2 aliphatic heterocycles. The number of anilines is 1. The minimum atomic E-state index is -0.182. The fourth-order valence-corrected chi connectivity index (χ4v) is 3.42. The molecular formula is C19H27N3O3. The first-order valence-corrected chi connectivity index (χ1v) is 9.25. The van der Waals surface area contributed by atoms with Crippen molar-refractivity contribution in [2.24, 2.45) is 0 Å². The summed E-state index contributed by atoms with van der Waals surface area (Å²) in [6, 6.07) is 7.31. The van der Waals surface area contributed by atoms with Gasteiger partial charge in [-0.05, 0) is 51.0 Å². The summed E-state index contributed by atoms with van der Waals surface area (Å²) in [5.41, 5.74) is 0.665. The third kappa shape index (κ3) is 4.95. The largest absolute Gasteiger partial charge is 0.482 e. The van der Waals surface area contributed by atoms with Gasteiger partial charge in [-0.25, -0.2) is 0 Å². The highest BCUT2D eigenvalue weighted by Gasteiger charge is 2.26. The number of para-hydroxylation sites is 2. The molecule has 0 atom stereocenters. The van der Waals surface area contributed by atoms with Crippen molar-refractivity contribution in [1.82, 2.24) is 10.2 Å². The molecule has 1 saturated heterocycles. The SMILES string of the molecule is O=C(CN1C(=O)COc2ccccc21)NCCCN1CCCCCC1. The Balaban J connectivity index is 1.42. The van der Waals surface area contributed by atoms with Crippen LogP contribution in [0.25, 0.3) is 0 Å². The molecule has 25 heavy (non-hydrogen) atoms. The number of carbonyl (C=O) groups is 2. The van der Waals surface area contributed by atoms with Gasteiger partial charge in [-0.15, -0.1) is 0 Å². The van der Waals surface area contributed by atoms with Crippen LogP contribution in [0.15, 0.2) is 24.3 Å². The van der Waals surface area contributed by atoms with Crippen LogP contribution in [0.4, 0.5) is 5.69 Å². The van der Waals surface area contributed by atoms with E-state index in [0.717, 1.165) is 13.0 Å². The molecule has 0 aromatic heterocycles. The summed E-state index contributed by atoms with van der Waals surface area (Å²) in [5.74, 6) is 0.343. The van der Waals surface area contributed by atoms with Gasteiger partial charge in [-0.1, -0.05) is 25.0 Å². The van der Waals surface area contributed by atoms with Crippen LogP contribution in [0, 0.1) is 0 Å². The maximum atomic E-state index is 12.2. The molecule has 136 valence electrons. The van der Waals surface area contributed by atoms with Crippen LogP contribution in [-0.4, -0.2) is 56.0 Å². The standard InChI is InChI=1S/C19H27N3O3/c23-18(20-10-7-13-21-11-5-1-2-6-12-21)14-22-16-8-3-4-9-17(16)25-15-19(22)24/h3-4,8-9H,1-2,5-7,10-15H2,(H,20,23). The lowest BCUT2D eigenvalue weighted by Crippen LogP contribution is -2.45. The van der Waals surface area contributed by atoms with Crippen molar-refractivity contribution >= 4 is 17.5 Å². The molecule has 3 rings (SSSR count). The fraction of sp³-hybridized carbons (Fsp3) is 0.579. The van der Waals surface area contributed by atoms with Gasteiger partial charge in [0, 0.05) is 6.54 Å². The van der Waals surface area contributed by atoms with Crippen molar-refractivity contribution in [2.45, 2.75) is 32.1 Å². The lowest BCUT2D eigenvalue weighted by Gasteiger charge is -2.28. The maximum Gasteiger partial charge on any atom is 0.265 e. The summed E-state index contributed by atoms with van der Waals surface area (Å²) in [7, 11) is 0. The first kappa shape index (κ1) is 17.7. The number of hydrogen-bond donors (Lipinski definition) is 1. The topological polar surface area (TPSA) is 61.9 Å². The van der Waals surface area contributed by atoms with Crippen molar-refractivity contribution < 1.29 is 14.3 Å². The summed E-state index contributed by atoms with van der Waals surface area (Å²) >= 11 is 0. The second-order valence-corrected chi connectivity index (χ2v) is 6.70. The molecule has 0 radical (unpaired) electrons. The number of benzene rings is 1. The Labute approximate surface area is 149 Å². The molecule has 1 aromatic rings. The Kier molecular flexibility index (Phi) is 6.28. The van der Waals surface area contributed by atoms with Gasteiger partial charge in [0.15, 0.2) is 6.61 Å². The summed E-state index contributed by atoms with van der Waals surface area (Å²) in [6.45, 7) is 4.05. The minimum absolute atomic E-state index is 0.0146. The second-order valence-electron chi connectivity index (χ2n) is 6.70. The number of likely N-dealkylation sites (tertiary alicyclic amines) is 1. The summed E-state index contributed by atoms with van der Waals surface area (Å²) in [6.07, 6.45) is 6.18. The van der Waals surface area contributed by atoms with Crippen LogP contribution in [0.5, 0.6) is 5.75 Å². The minimum Gasteiger partial charge on any atom is -0.482 e. The average molecular weight is 345 g/mol. The van der Waals surface area contributed by atoms with Gasteiger partial charge in [-0.2, -0.15) is 0 Å². The van der Waals surface area contributed by atoms with E-state index in [1.165, 1.54) is 43.7 Å². The van der Waals surface area contributed by atoms with E-state index in [2.05, 4.69) is 10.2 Å². The van der Waals surface area contributed by atoms with Crippen LogP contribution in [0.3, 0.4) is 0 Å². The molecule has 6 heteroatoms. The number of amides is 2. The molecule has 0 spiro atoms. The fourth-order valence-electron chi connectivity index (χ4n) is 3.42. The van der Waals surface area contributed by atoms with E-state index in [1.807, 2.05) is 18.2 Å². The zero-order valence-corrected chi connectivity index (χ0v) is 14.7. The molecule has 0 bridgehead atoms. The molecule has 0 unspecified atom stereocenters. The number of rotatable bonds is 6. The zero-order chi connectivity index (χ0) is 17.5. The highest BCUT2D eigenvalue weighted by molar-refractivity contribution is 6.02. The molecule has 2 heterocycles. The van der Waals surface area contributed by atoms with Crippen molar-refractivity contribution in [3.05, 3.63) is 24.3 Å². The molecule has 0 saturated carbocycles. The highest BCUT2D eigenvalue weighted by Crippen LogP contribution is 2.31. The number of nitrogens with zero attached hydrogens (tertiary/aromatic N) is 2. The van der Waals surface area contributed by atoms with Gasteiger partial charge in [0.25, 0.3) is 5.91 Å². The zero-order valence-electron chi connectivity index (χ0n) is 14.7. The monoisotopic (exact) mass is 345 g/mol. The Morgan fingerprint density at radius 1 is 1.12 bits per heavy atom. The molecular weight excluding hydrogens is 318 g/mol. The van der Waals surface area contributed by atoms with Crippen LogP contribution >= 0.6 is 0 Å². The van der Waals surface area contributed by atoms with Crippen LogP contribution in [0.1, 0.15) is 32.1 Å². The van der Waals surface area contributed by atoms with Gasteiger partial charge in [0.2, 0.25) is 5.91 Å². The van der Waals surface area contributed by atoms with E-state index in [0.29, 0.717) is 18.0 Å². The van der Waals surface area contributed by atoms with E-state index in [4.69, 9.17) is 4.74 Å². The van der Waals surface area contributed by atoms with Gasteiger partial charge in [0.1, 0.15) is 12.3 Å². The third-order valence-corrected chi connectivity index (χ3v) is 4.78. The van der Waals surface area contributed by atoms with Gasteiger partial charge in [-0.3, -0.25) is 14.5 Å². The Hall–Kier alpha value is -2.08. The molecule has 2 amide bonds. The van der Waals surface area contributed by atoms with Crippen LogP contribution in [-0.2, 0) is 9.59 Å². The van der Waals surface area contributed by atoms with Crippen LogP contribution < -0.4 is 15.0 Å². The quantitative estimate of drug-likeness (QED) is 0.799. The predicted molar refractivity (Wildman–Crippen MR) is 96.8 cm³/mol. The summed E-state index contributed by atoms with van der Waals surface area (Å²) < 4.78 is 5.40. The molecule has 6 nitrogen and oxygen atoms in total. The maximum absolute atomic E-state index is 12.2.